The minimum Gasteiger partial charge on any atom is -0.423 e. The molecule has 0 aliphatic carbocycles. The molecule has 0 spiro atoms. The Bertz CT molecular complexity index is 2450. The third-order valence-corrected chi connectivity index (χ3v) is 9.99. The summed E-state index contributed by atoms with van der Waals surface area (Å²) in [5.41, 5.74) is 0.480. The zero-order valence-corrected chi connectivity index (χ0v) is 36.3. The summed E-state index contributed by atoms with van der Waals surface area (Å²) in [7, 11) is -1.41. The maximum absolute atomic E-state index is 13.0. The van der Waals surface area contributed by atoms with Crippen LogP contribution in [0, 0.1) is 0 Å². The van der Waals surface area contributed by atoms with Gasteiger partial charge in [-0.3, -0.25) is 19.6 Å². The van der Waals surface area contributed by atoms with Gasteiger partial charge in [-0.25, -0.2) is 0 Å². The van der Waals surface area contributed by atoms with Gasteiger partial charge in [0.2, 0.25) is 0 Å². The van der Waals surface area contributed by atoms with Gasteiger partial charge in [-0.15, -0.1) is 0 Å². The number of rotatable bonds is 10. The average Bonchev–Trinajstić information content (AvgIpc) is 3.22. The van der Waals surface area contributed by atoms with Crippen molar-refractivity contribution in [3.8, 4) is 11.1 Å². The van der Waals surface area contributed by atoms with E-state index in [9.17, 15) is 35.9 Å². The van der Waals surface area contributed by atoms with Gasteiger partial charge in [0.25, 0.3) is 11.8 Å². The lowest BCUT2D eigenvalue weighted by Crippen LogP contribution is -2.29. The molecular formula is C42H32BBrCl4F6N4O4. The molecule has 0 aliphatic rings. The first-order valence-corrected chi connectivity index (χ1v) is 20.3. The number of carbonyl (C=O) groups excluding carboxylic acids is 2. The maximum Gasteiger partial charge on any atom is 0.488 e. The Kier molecular flexibility index (Phi) is 18.6. The van der Waals surface area contributed by atoms with E-state index in [1.54, 1.807) is 60.9 Å². The molecule has 0 radical (unpaired) electrons. The summed E-state index contributed by atoms with van der Waals surface area (Å²) in [4.78, 5) is 32.5. The Balaban J connectivity index is 0.000000227. The van der Waals surface area contributed by atoms with Crippen molar-refractivity contribution in [2.45, 2.75) is 25.2 Å². The summed E-state index contributed by atoms with van der Waals surface area (Å²) in [5.74, 6) is -1.59. The number of aromatic nitrogens is 2. The van der Waals surface area contributed by atoms with E-state index in [-0.39, 0.29) is 19.5 Å². The zero-order valence-electron chi connectivity index (χ0n) is 31.7. The molecule has 324 valence electrons. The monoisotopic (exact) mass is 1000 g/mol. The number of pyridine rings is 2. The fourth-order valence-corrected chi connectivity index (χ4v) is 6.58. The second kappa shape index (κ2) is 23.1. The highest BCUT2D eigenvalue weighted by atomic mass is 79.9. The van der Waals surface area contributed by atoms with Gasteiger partial charge in [-0.2, -0.15) is 26.3 Å². The first kappa shape index (κ1) is 50.0. The molecule has 0 atom stereocenters. The van der Waals surface area contributed by atoms with Crippen LogP contribution in [-0.2, 0) is 25.2 Å². The van der Waals surface area contributed by atoms with Gasteiger partial charge in [0.05, 0.1) is 43.7 Å². The summed E-state index contributed by atoms with van der Waals surface area (Å²) in [6.45, 7) is 0.220. The first-order valence-electron chi connectivity index (χ1n) is 17.9. The molecule has 0 saturated heterocycles. The van der Waals surface area contributed by atoms with Gasteiger partial charge >= 0.3 is 19.5 Å². The predicted molar refractivity (Wildman–Crippen MR) is 233 cm³/mol. The van der Waals surface area contributed by atoms with E-state index in [1.165, 1.54) is 24.3 Å². The summed E-state index contributed by atoms with van der Waals surface area (Å²) < 4.78 is 78.4. The van der Waals surface area contributed by atoms with E-state index in [4.69, 9.17) is 56.5 Å². The summed E-state index contributed by atoms with van der Waals surface area (Å²) in [5, 5.41) is 24.2. The minimum absolute atomic E-state index is 0.0953. The number of nitrogens with zero attached hydrogens (tertiary/aromatic N) is 2. The maximum atomic E-state index is 13.0. The van der Waals surface area contributed by atoms with E-state index in [1.807, 2.05) is 12.1 Å². The SMILES string of the molecule is O=C(NCCc1ncc(-c2ccc(Cl)cc2)cc1Cl)c1ccccc1C(F)(F)F.O=C(NCCc1ncc(Br)cc1Cl)c1ccccc1C(F)(F)F.OB(O)c1ccc(Cl)cc1. The molecule has 8 nitrogen and oxygen atoms in total. The average molecular weight is 1000 g/mol. The number of amides is 2. The Morgan fingerprint density at radius 1 is 0.597 bits per heavy atom. The number of nitrogens with one attached hydrogen (secondary N) is 2. The Morgan fingerprint density at radius 2 is 1.02 bits per heavy atom. The standard InChI is InChI=1S/C21H15Cl2F3N2O.C15H11BrClF3N2O.C6H6BClO2/c22-15-7-5-13(6-8-15)14-11-18(23)19(28-12-14)9-10-27-20(29)16-3-1-2-4-17(16)21(24,25)26;16-9-7-12(17)13(22-8-9)5-6-21-14(23)10-3-1-2-4-11(10)15(18,19)20;8-6-3-1-5(2-4-6)7(9)10/h1-8,11-12H,9-10H2,(H,27,29);1-4,7-8H,5-6H2,(H,21,23);1-4,9-10H. The molecule has 0 unspecified atom stereocenters. The molecule has 6 rings (SSSR count). The van der Waals surface area contributed by atoms with Gasteiger partial charge in [-0.05, 0) is 87.6 Å². The molecule has 4 aromatic carbocycles. The smallest absolute Gasteiger partial charge is 0.423 e. The molecular weight excluding hydrogens is 971 g/mol. The second-order valence-electron chi connectivity index (χ2n) is 12.8. The lowest BCUT2D eigenvalue weighted by molar-refractivity contribution is -0.138. The zero-order chi connectivity index (χ0) is 45.6. The van der Waals surface area contributed by atoms with Gasteiger partial charge in [0.1, 0.15) is 0 Å². The van der Waals surface area contributed by atoms with Crippen molar-refractivity contribution < 1.29 is 46.0 Å². The summed E-state index contributed by atoms with van der Waals surface area (Å²) >= 11 is 26.9. The Morgan fingerprint density at radius 3 is 1.44 bits per heavy atom. The van der Waals surface area contributed by atoms with Crippen molar-refractivity contribution in [2.75, 3.05) is 13.1 Å². The topological polar surface area (TPSA) is 124 Å². The lowest BCUT2D eigenvalue weighted by atomic mass is 9.81. The van der Waals surface area contributed by atoms with Gasteiger partial charge in [0, 0.05) is 58.4 Å². The third kappa shape index (κ3) is 15.3. The molecule has 0 aliphatic heterocycles. The highest BCUT2D eigenvalue weighted by Crippen LogP contribution is 2.33. The van der Waals surface area contributed by atoms with Crippen LogP contribution in [0.4, 0.5) is 26.3 Å². The molecule has 62 heavy (non-hydrogen) atoms. The van der Waals surface area contributed by atoms with E-state index < -0.39 is 53.5 Å². The molecule has 0 bridgehead atoms. The molecule has 2 heterocycles. The number of alkyl halides is 6. The largest absolute Gasteiger partial charge is 0.488 e. The quantitative estimate of drug-likeness (QED) is 0.0801. The molecule has 2 aromatic heterocycles. The van der Waals surface area contributed by atoms with Crippen LogP contribution in [0.3, 0.4) is 0 Å². The fraction of sp³-hybridized carbons (Fsp3) is 0.143. The molecule has 4 N–H and O–H groups in total. The molecule has 20 heteroatoms. The third-order valence-electron chi connectivity index (χ3n) is 8.40. The van der Waals surface area contributed by atoms with E-state index in [0.29, 0.717) is 43.4 Å². The van der Waals surface area contributed by atoms with Crippen molar-refractivity contribution in [3.05, 3.63) is 180 Å². The highest BCUT2D eigenvalue weighted by Gasteiger charge is 2.35. The van der Waals surface area contributed by atoms with Gasteiger partial charge in [0.15, 0.2) is 0 Å². The normalized spacial score (nSPS) is 11.0. The number of hydrogen-bond donors (Lipinski definition) is 4. The lowest BCUT2D eigenvalue weighted by Gasteiger charge is -2.13. The van der Waals surface area contributed by atoms with E-state index in [0.717, 1.165) is 39.9 Å². The van der Waals surface area contributed by atoms with Crippen LogP contribution in [0.15, 0.2) is 126 Å². The molecule has 6 aromatic rings. The summed E-state index contributed by atoms with van der Waals surface area (Å²) in [6, 6.07) is 26.2. The molecule has 2 amide bonds. The van der Waals surface area contributed by atoms with Gasteiger partial charge in [-0.1, -0.05) is 94.9 Å². The van der Waals surface area contributed by atoms with Crippen molar-refractivity contribution in [1.82, 2.24) is 20.6 Å². The van der Waals surface area contributed by atoms with Crippen LogP contribution in [0.25, 0.3) is 11.1 Å². The fourth-order valence-electron chi connectivity index (χ4n) is 5.35. The van der Waals surface area contributed by atoms with Crippen LogP contribution in [-0.4, -0.2) is 52.0 Å². The van der Waals surface area contributed by atoms with Crippen LogP contribution < -0.4 is 16.1 Å². The van der Waals surface area contributed by atoms with E-state index in [2.05, 4.69) is 36.5 Å². The van der Waals surface area contributed by atoms with Crippen LogP contribution in [0.1, 0.15) is 43.2 Å². The van der Waals surface area contributed by atoms with Crippen molar-refractivity contribution in [2.24, 2.45) is 0 Å². The minimum atomic E-state index is -4.60. The number of benzene rings is 4. The molecule has 0 saturated carbocycles. The van der Waals surface area contributed by atoms with E-state index >= 15 is 0 Å². The van der Waals surface area contributed by atoms with Crippen molar-refractivity contribution in [1.29, 1.82) is 0 Å². The Labute approximate surface area is 380 Å². The Hall–Kier alpha value is -4.68. The van der Waals surface area contributed by atoms with Crippen molar-refractivity contribution in [3.63, 3.8) is 0 Å². The van der Waals surface area contributed by atoms with Crippen LogP contribution in [0.5, 0.6) is 0 Å². The molecule has 0 fully saturated rings. The van der Waals surface area contributed by atoms with Crippen LogP contribution in [0.2, 0.25) is 20.1 Å². The second-order valence-corrected chi connectivity index (χ2v) is 15.4. The highest BCUT2D eigenvalue weighted by molar-refractivity contribution is 9.10. The predicted octanol–water partition coefficient (Wildman–Crippen LogP) is 10.6. The summed E-state index contributed by atoms with van der Waals surface area (Å²) in [6.07, 6.45) is -5.39. The van der Waals surface area contributed by atoms with Crippen LogP contribution >= 0.6 is 62.3 Å². The van der Waals surface area contributed by atoms with Gasteiger partial charge < -0.3 is 20.7 Å². The first-order chi connectivity index (χ1) is 29.2. The number of halogens is 11. The number of carbonyl (C=O) groups is 2. The van der Waals surface area contributed by atoms with Crippen molar-refractivity contribution >= 4 is 86.7 Å². The number of hydrogen-bond acceptors (Lipinski definition) is 6.